The summed E-state index contributed by atoms with van der Waals surface area (Å²) in [6, 6.07) is 17.1. The van der Waals surface area contributed by atoms with Crippen LogP contribution in [0.15, 0.2) is 89.2 Å². The lowest BCUT2D eigenvalue weighted by atomic mass is 10.0. The molecule has 1 saturated heterocycles. The lowest BCUT2D eigenvalue weighted by Gasteiger charge is -2.11. The minimum Gasteiger partial charge on any atom is -0.356 e. The van der Waals surface area contributed by atoms with Crippen molar-refractivity contribution in [3.05, 3.63) is 89.8 Å². The van der Waals surface area contributed by atoms with Crippen LogP contribution in [0.2, 0.25) is 0 Å². The number of nitrogens with one attached hydrogen (secondary N) is 2. The molecule has 1 fully saturated rings. The van der Waals surface area contributed by atoms with Crippen molar-refractivity contribution in [1.29, 1.82) is 0 Å². The predicted octanol–water partition coefficient (Wildman–Crippen LogP) is 5.78. The van der Waals surface area contributed by atoms with Crippen molar-refractivity contribution in [3.63, 3.8) is 0 Å². The number of hydrogen-bond donors (Lipinski definition) is 2. The van der Waals surface area contributed by atoms with Crippen molar-refractivity contribution in [2.45, 2.75) is 32.6 Å². The monoisotopic (exact) mass is 488 g/mol. The molecule has 36 heavy (non-hydrogen) atoms. The van der Waals surface area contributed by atoms with E-state index in [-0.39, 0.29) is 0 Å². The Labute approximate surface area is 216 Å². The molecule has 0 radical (unpaired) electrons. The van der Waals surface area contributed by atoms with E-state index in [2.05, 4.69) is 90.0 Å². The average molecular weight is 489 g/mol. The maximum Gasteiger partial charge on any atom is 0.209 e. The summed E-state index contributed by atoms with van der Waals surface area (Å²) < 4.78 is 0. The molecule has 2 aliphatic rings. The van der Waals surface area contributed by atoms with Gasteiger partial charge in [0, 0.05) is 30.7 Å². The number of allylic oxidation sites excluding steroid dienone is 4. The Morgan fingerprint density at radius 2 is 1.64 bits per heavy atom. The van der Waals surface area contributed by atoms with Crippen LogP contribution in [-0.2, 0) is 9.59 Å². The zero-order valence-corrected chi connectivity index (χ0v) is 21.9. The molecule has 0 spiro atoms. The van der Waals surface area contributed by atoms with Crippen molar-refractivity contribution in [2.24, 2.45) is 4.99 Å². The van der Waals surface area contributed by atoms with Gasteiger partial charge in [-0.05, 0) is 88.3 Å². The first-order valence-electron chi connectivity index (χ1n) is 12.1. The molecule has 0 saturated carbocycles. The molecule has 4 rings (SSSR count). The zero-order chi connectivity index (χ0) is 26.6. The Morgan fingerprint density at radius 1 is 1.00 bits per heavy atom. The van der Waals surface area contributed by atoms with Crippen molar-refractivity contribution in [2.75, 3.05) is 32.5 Å². The van der Waals surface area contributed by atoms with E-state index in [0.29, 0.717) is 0 Å². The van der Waals surface area contributed by atoms with E-state index >= 15 is 0 Å². The molecule has 0 aromatic heterocycles. The van der Waals surface area contributed by atoms with Crippen LogP contribution in [0.1, 0.15) is 31.2 Å². The van der Waals surface area contributed by atoms with Gasteiger partial charge in [0.1, 0.15) is 6.79 Å². The van der Waals surface area contributed by atoms with Crippen LogP contribution in [0.3, 0.4) is 0 Å². The molecule has 1 aliphatic carbocycles. The molecule has 1 aliphatic heterocycles. The molecule has 0 atom stereocenters. The molecule has 2 aromatic carbocycles. The minimum absolute atomic E-state index is 0.924. The van der Waals surface area contributed by atoms with Gasteiger partial charge in [-0.3, -0.25) is 9.79 Å². The second-order valence-corrected chi connectivity index (χ2v) is 8.30. The number of likely N-dealkylation sites (tertiary alicyclic amines) is 1. The van der Waals surface area contributed by atoms with E-state index in [4.69, 9.17) is 4.79 Å². The van der Waals surface area contributed by atoms with Gasteiger partial charge in [-0.25, -0.2) is 0 Å². The summed E-state index contributed by atoms with van der Waals surface area (Å²) >= 11 is 0. The summed E-state index contributed by atoms with van der Waals surface area (Å²) in [5.41, 5.74) is 7.34. The Kier molecular flexibility index (Phi) is 15.6. The number of aliphatic imine (C=N–C) groups is 1. The first kappa shape index (κ1) is 30.3. The van der Waals surface area contributed by atoms with Crippen molar-refractivity contribution in [1.82, 2.24) is 10.2 Å². The highest BCUT2D eigenvalue weighted by molar-refractivity contribution is 5.70. The van der Waals surface area contributed by atoms with Gasteiger partial charge < -0.3 is 20.3 Å². The second kappa shape index (κ2) is 18.5. The summed E-state index contributed by atoms with van der Waals surface area (Å²) in [6.45, 7) is 9.53. The fourth-order valence-electron chi connectivity index (χ4n) is 3.77. The molecule has 0 bridgehead atoms. The molecule has 1 heterocycles. The highest BCUT2D eigenvalue weighted by Gasteiger charge is 2.11. The number of carbonyl (C=O) groups excluding carboxylic acids is 2. The third kappa shape index (κ3) is 11.1. The van der Waals surface area contributed by atoms with Gasteiger partial charge in [0.2, 0.25) is 6.41 Å². The van der Waals surface area contributed by atoms with Gasteiger partial charge in [-0.15, -0.1) is 0 Å². The maximum absolute atomic E-state index is 9.93. The fourth-order valence-corrected chi connectivity index (χ4v) is 3.77. The van der Waals surface area contributed by atoms with Crippen LogP contribution >= 0.6 is 0 Å². The van der Waals surface area contributed by atoms with Gasteiger partial charge in [0.15, 0.2) is 0 Å². The van der Waals surface area contributed by atoms with Crippen LogP contribution < -0.4 is 10.6 Å². The summed E-state index contributed by atoms with van der Waals surface area (Å²) in [5, 5.41) is 6.31. The number of anilines is 1. The fraction of sp³-hybridized carbons (Fsp3) is 0.300. The highest BCUT2D eigenvalue weighted by Crippen LogP contribution is 2.29. The number of nitrogens with zero attached hydrogens (tertiary/aromatic N) is 2. The van der Waals surface area contributed by atoms with Gasteiger partial charge in [0.05, 0.1) is 0 Å². The summed E-state index contributed by atoms with van der Waals surface area (Å²) in [5.74, 6) is 0. The average Bonchev–Trinajstić information content (AvgIpc) is 3.59. The van der Waals surface area contributed by atoms with Crippen LogP contribution in [-0.4, -0.2) is 52.0 Å². The largest absolute Gasteiger partial charge is 0.356 e. The Bertz CT molecular complexity index is 1020. The van der Waals surface area contributed by atoms with E-state index < -0.39 is 0 Å². The van der Waals surface area contributed by atoms with E-state index in [1.165, 1.54) is 40.8 Å². The van der Waals surface area contributed by atoms with Crippen molar-refractivity contribution < 1.29 is 9.59 Å². The topological polar surface area (TPSA) is 73.8 Å². The SMILES string of the molecule is C=N/C=C\C=C1/CCC=C1Nc1cccc(-c2cccc(C)c2)c1.C=O.CNC.O=CN1CCCC1. The Hall–Kier alpha value is -3.77. The van der Waals surface area contributed by atoms with Crippen molar-refractivity contribution in [3.8, 4) is 11.1 Å². The van der Waals surface area contributed by atoms with Crippen LogP contribution in [0.25, 0.3) is 11.1 Å². The van der Waals surface area contributed by atoms with Gasteiger partial charge >= 0.3 is 0 Å². The normalized spacial score (nSPS) is 15.0. The lowest BCUT2D eigenvalue weighted by Crippen LogP contribution is -2.15. The number of rotatable bonds is 6. The number of hydrogen-bond acceptors (Lipinski definition) is 5. The van der Waals surface area contributed by atoms with Crippen LogP contribution in [0.4, 0.5) is 5.69 Å². The number of benzene rings is 2. The Morgan fingerprint density at radius 3 is 2.22 bits per heavy atom. The van der Waals surface area contributed by atoms with Crippen LogP contribution in [0.5, 0.6) is 0 Å². The van der Waals surface area contributed by atoms with E-state index in [9.17, 15) is 4.79 Å². The molecule has 6 heteroatoms. The maximum atomic E-state index is 9.93. The predicted molar refractivity (Wildman–Crippen MR) is 153 cm³/mol. The summed E-state index contributed by atoms with van der Waals surface area (Å²) in [4.78, 5) is 23.5. The number of carbonyl (C=O) groups is 2. The number of amides is 1. The smallest absolute Gasteiger partial charge is 0.209 e. The molecule has 2 aromatic rings. The summed E-state index contributed by atoms with van der Waals surface area (Å²) in [6.07, 6.45) is 13.4. The number of aryl methyl sites for hydroxylation is 1. The molecule has 1 amide bonds. The van der Waals surface area contributed by atoms with Crippen molar-refractivity contribution >= 4 is 25.6 Å². The minimum atomic E-state index is 0.924. The van der Waals surface area contributed by atoms with E-state index in [1.807, 2.05) is 27.0 Å². The quantitative estimate of drug-likeness (QED) is 0.399. The first-order valence-corrected chi connectivity index (χ1v) is 12.1. The molecular weight excluding hydrogens is 448 g/mol. The standard InChI is InChI=1S/C22H22N2.C5H9NO.C2H7N.CH2O/c1-17-7-3-9-19(15-17)20-10-4-12-21(16-20)24-22-13-5-8-18(22)11-6-14-23-2;7-5-6-3-1-2-4-6;1-3-2;1-2/h3-4,6-7,9-16,24H,2,5,8H2,1H3;5H,1-4H2;3H,1-2H3;1H2/b14-6-,18-11+;;;. The van der Waals surface area contributed by atoms with E-state index in [1.54, 1.807) is 11.1 Å². The first-order chi connectivity index (χ1) is 17.6. The van der Waals surface area contributed by atoms with Gasteiger partial charge in [-0.2, -0.15) is 0 Å². The van der Waals surface area contributed by atoms with E-state index in [0.717, 1.165) is 38.0 Å². The highest BCUT2D eigenvalue weighted by atomic mass is 16.1. The molecule has 6 nitrogen and oxygen atoms in total. The van der Waals surface area contributed by atoms with Gasteiger partial charge in [-0.1, -0.05) is 54.1 Å². The molecule has 0 unspecified atom stereocenters. The third-order valence-electron chi connectivity index (χ3n) is 5.38. The lowest BCUT2D eigenvalue weighted by molar-refractivity contribution is -0.117. The molecule has 2 N–H and O–H groups in total. The third-order valence-corrected chi connectivity index (χ3v) is 5.38. The summed E-state index contributed by atoms with van der Waals surface area (Å²) in [7, 11) is 3.75. The molecular formula is C30H40N4O2. The van der Waals surface area contributed by atoms with Gasteiger partial charge in [0.25, 0.3) is 0 Å². The zero-order valence-electron chi connectivity index (χ0n) is 21.9. The second-order valence-electron chi connectivity index (χ2n) is 8.30. The van der Waals surface area contributed by atoms with Crippen LogP contribution in [0, 0.1) is 6.92 Å². The Balaban J connectivity index is 0.000000450. The molecule has 192 valence electrons.